The number of nitrogens with one attached hydrogen (secondary N) is 1. The summed E-state index contributed by atoms with van der Waals surface area (Å²) in [7, 11) is 3.08. The number of amides is 1. The summed E-state index contributed by atoms with van der Waals surface area (Å²) in [5.41, 5.74) is 14.8. The number of aromatic nitrogens is 1. The van der Waals surface area contributed by atoms with E-state index in [1.165, 1.54) is 24.8 Å². The molecule has 0 bridgehead atoms. The number of benzene rings is 2. The number of hydrogen-bond acceptors (Lipinski definition) is 5. The Balaban J connectivity index is 0.000000500. The van der Waals surface area contributed by atoms with Crippen LogP contribution in [0.3, 0.4) is 0 Å². The molecular weight excluding hydrogens is 521 g/mol. The Morgan fingerprint density at radius 2 is 1.83 bits per heavy atom. The lowest BCUT2D eigenvalue weighted by Crippen LogP contribution is -2.26. The highest BCUT2D eigenvalue weighted by molar-refractivity contribution is 6.02. The predicted octanol–water partition coefficient (Wildman–Crippen LogP) is 4.92. The van der Waals surface area contributed by atoms with E-state index >= 15 is 0 Å². The fourth-order valence-electron chi connectivity index (χ4n) is 4.60. The average molecular weight is 564 g/mol. The van der Waals surface area contributed by atoms with E-state index in [0.717, 1.165) is 24.0 Å². The van der Waals surface area contributed by atoms with Gasteiger partial charge in [-0.25, -0.2) is 4.39 Å². The lowest BCUT2D eigenvalue weighted by molar-refractivity contribution is -0.125. The van der Waals surface area contributed by atoms with Crippen LogP contribution in [0.25, 0.3) is 5.69 Å². The summed E-state index contributed by atoms with van der Waals surface area (Å²) in [6.07, 6.45) is 6.63. The largest absolute Gasteiger partial charge is 0.382 e. The number of rotatable bonds is 8. The van der Waals surface area contributed by atoms with Crippen molar-refractivity contribution < 1.29 is 18.7 Å². The van der Waals surface area contributed by atoms with Gasteiger partial charge < -0.3 is 25.7 Å². The Morgan fingerprint density at radius 1 is 1.17 bits per heavy atom. The number of amidine groups is 1. The molecule has 4 rings (SSSR count). The molecule has 1 unspecified atom stereocenters. The Hall–Kier alpha value is -4.08. The molecule has 220 valence electrons. The van der Waals surface area contributed by atoms with Gasteiger partial charge in [0.2, 0.25) is 5.91 Å². The third-order valence-electron chi connectivity index (χ3n) is 6.83. The number of nitrogen functional groups attached to an aromatic ring is 1. The fraction of sp³-hybridized carbons (Fsp3) is 0.344. The number of methoxy groups -OCH3 is 1. The SMILES string of the molecule is CN.COC/C=C/C(=O)N1CCC(c2cn(-c3ccc(C(C)C)cc3)c(C(=N)N)c2C=O)C1.Cc1ccccc1F. The van der Waals surface area contributed by atoms with E-state index in [1.807, 2.05) is 41.1 Å². The van der Waals surface area contributed by atoms with Crippen molar-refractivity contribution in [2.75, 3.05) is 33.9 Å². The number of carbonyl (C=O) groups excluding carboxylic acids is 2. The molecule has 3 aromatic rings. The van der Waals surface area contributed by atoms with Crippen LogP contribution in [-0.4, -0.2) is 61.3 Å². The highest BCUT2D eigenvalue weighted by atomic mass is 19.1. The highest BCUT2D eigenvalue weighted by Gasteiger charge is 2.31. The molecular formula is C32H42FN5O3. The molecule has 0 radical (unpaired) electrons. The normalized spacial score (nSPS) is 14.3. The monoisotopic (exact) mass is 563 g/mol. The first-order valence-electron chi connectivity index (χ1n) is 13.6. The lowest BCUT2D eigenvalue weighted by atomic mass is 9.96. The van der Waals surface area contributed by atoms with Gasteiger partial charge in [-0.2, -0.15) is 0 Å². The van der Waals surface area contributed by atoms with E-state index in [4.69, 9.17) is 15.9 Å². The minimum atomic E-state index is -0.158. The van der Waals surface area contributed by atoms with Gasteiger partial charge in [-0.1, -0.05) is 50.3 Å². The molecule has 1 aliphatic heterocycles. The van der Waals surface area contributed by atoms with Crippen LogP contribution < -0.4 is 11.5 Å². The molecule has 0 aliphatic carbocycles. The zero-order valence-corrected chi connectivity index (χ0v) is 24.6. The number of aryl methyl sites for hydroxylation is 1. The second kappa shape index (κ2) is 16.2. The first-order valence-corrected chi connectivity index (χ1v) is 13.6. The van der Waals surface area contributed by atoms with Gasteiger partial charge in [0.25, 0.3) is 0 Å². The predicted molar refractivity (Wildman–Crippen MR) is 162 cm³/mol. The molecule has 0 spiro atoms. The van der Waals surface area contributed by atoms with Crippen LogP contribution in [0.1, 0.15) is 64.8 Å². The Kier molecular flexibility index (Phi) is 13.1. The van der Waals surface area contributed by atoms with Crippen LogP contribution in [0.2, 0.25) is 0 Å². The second-order valence-electron chi connectivity index (χ2n) is 9.87. The van der Waals surface area contributed by atoms with Crippen LogP contribution >= 0.6 is 0 Å². The van der Waals surface area contributed by atoms with E-state index in [-0.39, 0.29) is 23.5 Å². The molecule has 9 heteroatoms. The summed E-state index contributed by atoms with van der Waals surface area (Å²) in [6, 6.07) is 14.8. The number of halogens is 1. The van der Waals surface area contributed by atoms with Gasteiger partial charge in [-0.15, -0.1) is 0 Å². The van der Waals surface area contributed by atoms with Gasteiger partial charge in [0, 0.05) is 49.6 Å². The third kappa shape index (κ3) is 8.70. The topological polar surface area (TPSA) is 127 Å². The van der Waals surface area contributed by atoms with Gasteiger partial charge in [-0.05, 0) is 61.2 Å². The molecule has 41 heavy (non-hydrogen) atoms. The van der Waals surface area contributed by atoms with Crippen LogP contribution in [-0.2, 0) is 9.53 Å². The fourth-order valence-corrected chi connectivity index (χ4v) is 4.60. The van der Waals surface area contributed by atoms with Crippen molar-refractivity contribution in [3.05, 3.63) is 101 Å². The van der Waals surface area contributed by atoms with Gasteiger partial charge in [-0.3, -0.25) is 15.0 Å². The highest BCUT2D eigenvalue weighted by Crippen LogP contribution is 2.33. The molecule has 1 fully saturated rings. The number of nitrogens with zero attached hydrogens (tertiary/aromatic N) is 2. The summed E-state index contributed by atoms with van der Waals surface area (Å²) in [5.74, 6) is 0.0613. The van der Waals surface area contributed by atoms with Crippen molar-refractivity contribution in [1.29, 1.82) is 5.41 Å². The standard InChI is InChI=1S/C24H30N4O3.C7H7F.CH5N/c1-16(2)17-6-8-19(9-7-17)28-14-20(21(15-29)23(28)24(25)26)18-10-11-27(13-18)22(30)5-4-12-31-3;1-6-4-2-3-5-7(6)8;1-2/h4-9,14-16,18H,10-13H2,1-3H3,(H3,25,26);2-5H,1H3;2H2,1H3/b5-4+;;. The Bertz CT molecular complexity index is 1310. The van der Waals surface area contributed by atoms with Gasteiger partial charge in [0.05, 0.1) is 12.3 Å². The van der Waals surface area contributed by atoms with Crippen molar-refractivity contribution in [2.45, 2.75) is 39.0 Å². The molecule has 1 atom stereocenters. The number of ether oxygens (including phenoxy) is 1. The van der Waals surface area contributed by atoms with Crippen LogP contribution in [0.5, 0.6) is 0 Å². The number of aldehydes is 1. The summed E-state index contributed by atoms with van der Waals surface area (Å²) >= 11 is 0. The number of hydrogen-bond donors (Lipinski definition) is 3. The summed E-state index contributed by atoms with van der Waals surface area (Å²) in [5, 5.41) is 8.08. The minimum Gasteiger partial charge on any atom is -0.382 e. The Morgan fingerprint density at radius 3 is 2.34 bits per heavy atom. The van der Waals surface area contributed by atoms with E-state index in [9.17, 15) is 14.0 Å². The number of carbonyl (C=O) groups is 2. The van der Waals surface area contributed by atoms with Crippen molar-refractivity contribution >= 4 is 18.0 Å². The third-order valence-corrected chi connectivity index (χ3v) is 6.83. The second-order valence-corrected chi connectivity index (χ2v) is 9.87. The first kappa shape index (κ1) is 33.1. The van der Waals surface area contributed by atoms with E-state index in [1.54, 1.807) is 37.1 Å². The van der Waals surface area contributed by atoms with E-state index < -0.39 is 0 Å². The van der Waals surface area contributed by atoms with E-state index in [2.05, 4.69) is 19.6 Å². The summed E-state index contributed by atoms with van der Waals surface area (Å²) in [6.45, 7) is 7.53. The minimum absolute atomic E-state index is 0.00858. The van der Waals surface area contributed by atoms with Crippen LogP contribution in [0, 0.1) is 18.2 Å². The number of likely N-dealkylation sites (tertiary alicyclic amines) is 1. The van der Waals surface area contributed by atoms with Crippen molar-refractivity contribution in [2.24, 2.45) is 11.5 Å². The average Bonchev–Trinajstić information content (AvgIpc) is 3.62. The van der Waals surface area contributed by atoms with Gasteiger partial charge in [0.1, 0.15) is 11.7 Å². The molecule has 5 N–H and O–H groups in total. The van der Waals surface area contributed by atoms with Crippen LogP contribution in [0.4, 0.5) is 4.39 Å². The summed E-state index contributed by atoms with van der Waals surface area (Å²) < 4.78 is 19.1. The zero-order chi connectivity index (χ0) is 30.5. The summed E-state index contributed by atoms with van der Waals surface area (Å²) in [4.78, 5) is 26.2. The first-order chi connectivity index (χ1) is 19.7. The van der Waals surface area contributed by atoms with Gasteiger partial charge >= 0.3 is 0 Å². The molecule has 1 amide bonds. The van der Waals surface area contributed by atoms with E-state index in [0.29, 0.717) is 42.4 Å². The molecule has 2 heterocycles. The van der Waals surface area contributed by atoms with Crippen LogP contribution in [0.15, 0.2) is 66.9 Å². The maximum absolute atomic E-state index is 12.4. The number of nitrogens with two attached hydrogens (primary N) is 2. The molecule has 1 aromatic heterocycles. The lowest BCUT2D eigenvalue weighted by Gasteiger charge is -2.14. The maximum atomic E-state index is 12.4. The molecule has 0 saturated carbocycles. The van der Waals surface area contributed by atoms with Crippen molar-refractivity contribution in [3.8, 4) is 5.69 Å². The Labute approximate surface area is 242 Å². The quantitative estimate of drug-likeness (QED) is 0.155. The van der Waals surface area contributed by atoms with Crippen molar-refractivity contribution in [1.82, 2.24) is 9.47 Å². The maximum Gasteiger partial charge on any atom is 0.246 e. The smallest absolute Gasteiger partial charge is 0.246 e. The molecule has 1 aliphatic rings. The molecule has 2 aromatic carbocycles. The molecule has 1 saturated heterocycles. The zero-order valence-electron chi connectivity index (χ0n) is 24.6. The van der Waals surface area contributed by atoms with Crippen molar-refractivity contribution in [3.63, 3.8) is 0 Å². The molecule has 8 nitrogen and oxygen atoms in total. The van der Waals surface area contributed by atoms with Gasteiger partial charge in [0.15, 0.2) is 6.29 Å².